The number of rotatable bonds is 15. The molecule has 0 amide bonds. The second-order valence-electron chi connectivity index (χ2n) is 7.36. The lowest BCUT2D eigenvalue weighted by Gasteiger charge is -2.00. The first-order valence-electron chi connectivity index (χ1n) is 11.4. The minimum atomic E-state index is -0.411. The van der Waals surface area contributed by atoms with Crippen molar-refractivity contribution in [2.75, 3.05) is 19.8 Å². The normalized spacial score (nSPS) is 9.00. The highest BCUT2D eigenvalue weighted by Gasteiger charge is 2.06. The van der Waals surface area contributed by atoms with Gasteiger partial charge in [0.15, 0.2) is 0 Å². The quantitative estimate of drug-likeness (QED) is 0.109. The van der Waals surface area contributed by atoms with E-state index in [2.05, 4.69) is 0 Å². The van der Waals surface area contributed by atoms with Crippen LogP contribution in [0.4, 0.5) is 0 Å². The van der Waals surface area contributed by atoms with Gasteiger partial charge in [0, 0.05) is 17.4 Å². The molecule has 0 bridgehead atoms. The maximum Gasteiger partial charge on any atom is 0.313 e. The zero-order valence-electron chi connectivity index (χ0n) is 21.7. The van der Waals surface area contributed by atoms with Crippen LogP contribution in [-0.2, 0) is 43.0 Å². The van der Waals surface area contributed by atoms with Crippen LogP contribution in [0.1, 0.15) is 99.3 Å². The van der Waals surface area contributed by atoms with Gasteiger partial charge in [-0.3, -0.25) is 28.8 Å². The molecule has 195 valence electrons. The van der Waals surface area contributed by atoms with E-state index in [1.54, 1.807) is 0 Å². The molecule has 0 atom stereocenters. The van der Waals surface area contributed by atoms with Crippen LogP contribution in [0.5, 0.6) is 0 Å². The summed E-state index contributed by atoms with van der Waals surface area (Å²) in [5.74, 6) is -1.67. The SMILES string of the molecule is CCCCOC(=O)CC(C)=O.CCCCOC(=O)CC(C)=O.CCCCOC(=O)CC(C)=O.[Al]. The minimum Gasteiger partial charge on any atom is -0.465 e. The molecule has 0 saturated heterocycles. The number of hydrogen-bond acceptors (Lipinski definition) is 9. The van der Waals surface area contributed by atoms with Crippen molar-refractivity contribution in [3.63, 3.8) is 0 Å². The maximum absolute atomic E-state index is 10.7. The van der Waals surface area contributed by atoms with Crippen LogP contribution in [0.15, 0.2) is 0 Å². The molecule has 3 radical (unpaired) electrons. The summed E-state index contributed by atoms with van der Waals surface area (Å²) in [6.45, 7) is 11.5. The number of hydrogen-bond donors (Lipinski definition) is 0. The fourth-order valence-electron chi connectivity index (χ4n) is 1.75. The van der Waals surface area contributed by atoms with Crippen molar-refractivity contribution >= 4 is 52.6 Å². The third kappa shape index (κ3) is 40.3. The van der Waals surface area contributed by atoms with Crippen molar-refractivity contribution in [3.05, 3.63) is 0 Å². The Hall–Kier alpha value is -2.05. The number of ether oxygens (including phenoxy) is 3. The Morgan fingerprint density at radius 1 is 0.471 bits per heavy atom. The lowest BCUT2D eigenvalue weighted by Crippen LogP contribution is -2.09. The standard InChI is InChI=1S/3C8H14O3.Al/c3*1-3-4-5-11-8(10)6-7(2)9;/h3*3-6H2,1-2H3;. The van der Waals surface area contributed by atoms with Gasteiger partial charge in [0.1, 0.15) is 36.6 Å². The molecule has 0 aliphatic heterocycles. The lowest BCUT2D eigenvalue weighted by atomic mass is 10.3. The van der Waals surface area contributed by atoms with Crippen LogP contribution in [0.2, 0.25) is 0 Å². The van der Waals surface area contributed by atoms with Gasteiger partial charge >= 0.3 is 17.9 Å². The summed E-state index contributed by atoms with van der Waals surface area (Å²) in [6.07, 6.45) is 5.29. The molecular weight excluding hydrogens is 459 g/mol. The van der Waals surface area contributed by atoms with Crippen LogP contribution in [0.3, 0.4) is 0 Å². The first-order chi connectivity index (χ1) is 15.5. The average molecular weight is 502 g/mol. The fraction of sp³-hybridized carbons (Fsp3) is 0.750. The number of carbonyl (C=O) groups excluding carboxylic acids is 6. The van der Waals surface area contributed by atoms with E-state index in [0.717, 1.165) is 38.5 Å². The van der Waals surface area contributed by atoms with Crippen molar-refractivity contribution in [3.8, 4) is 0 Å². The largest absolute Gasteiger partial charge is 0.465 e. The molecule has 0 saturated carbocycles. The molecule has 0 aliphatic rings. The molecule has 0 aliphatic carbocycles. The van der Waals surface area contributed by atoms with Crippen molar-refractivity contribution in [1.29, 1.82) is 0 Å². The Kier molecular flexibility index (Phi) is 33.4. The molecule has 0 fully saturated rings. The minimum absolute atomic E-state index is 0. The molecule has 0 rings (SSSR count). The van der Waals surface area contributed by atoms with Crippen LogP contribution in [-0.4, -0.2) is 72.4 Å². The Bertz CT molecular complexity index is 508. The third-order valence-electron chi connectivity index (χ3n) is 3.46. The summed E-state index contributed by atoms with van der Waals surface area (Å²) in [5.41, 5.74) is 0. The number of ketones is 3. The van der Waals surface area contributed by atoms with E-state index in [-0.39, 0.29) is 54.0 Å². The van der Waals surface area contributed by atoms with Gasteiger partial charge in [-0.2, -0.15) is 0 Å². The summed E-state index contributed by atoms with van der Waals surface area (Å²) >= 11 is 0. The zero-order chi connectivity index (χ0) is 26.1. The molecule has 0 unspecified atom stereocenters. The highest BCUT2D eigenvalue weighted by Crippen LogP contribution is 1.94. The first-order valence-corrected chi connectivity index (χ1v) is 11.4. The number of esters is 3. The van der Waals surface area contributed by atoms with E-state index < -0.39 is 17.9 Å². The summed E-state index contributed by atoms with van der Waals surface area (Å²) in [4.78, 5) is 63.2. The number of Topliss-reactive ketones (excluding diaryl/α,β-unsaturated/α-hetero) is 3. The van der Waals surface area contributed by atoms with Gasteiger partial charge in [-0.1, -0.05) is 40.0 Å². The predicted molar refractivity (Wildman–Crippen MR) is 129 cm³/mol. The predicted octanol–water partition coefficient (Wildman–Crippen LogP) is 3.55. The number of unbranched alkanes of at least 4 members (excludes halogenated alkanes) is 3. The van der Waals surface area contributed by atoms with E-state index in [1.807, 2.05) is 20.8 Å². The van der Waals surface area contributed by atoms with Gasteiger partial charge in [0.05, 0.1) is 19.8 Å². The van der Waals surface area contributed by atoms with Gasteiger partial charge in [0.2, 0.25) is 0 Å². The lowest BCUT2D eigenvalue weighted by molar-refractivity contribution is -0.147. The Balaban J connectivity index is -0.000000196. The first kappa shape index (κ1) is 39.2. The topological polar surface area (TPSA) is 130 Å². The second kappa shape index (κ2) is 29.0. The Labute approximate surface area is 214 Å². The molecule has 0 aromatic carbocycles. The molecule has 0 spiro atoms. The van der Waals surface area contributed by atoms with E-state index in [4.69, 9.17) is 14.2 Å². The van der Waals surface area contributed by atoms with E-state index in [0.29, 0.717) is 19.8 Å². The molecule has 10 heteroatoms. The Morgan fingerprint density at radius 2 is 0.676 bits per heavy atom. The second-order valence-corrected chi connectivity index (χ2v) is 7.36. The van der Waals surface area contributed by atoms with Crippen LogP contribution in [0.25, 0.3) is 0 Å². The Morgan fingerprint density at radius 3 is 0.824 bits per heavy atom. The fourth-order valence-corrected chi connectivity index (χ4v) is 1.75. The van der Waals surface area contributed by atoms with E-state index in [9.17, 15) is 28.8 Å². The zero-order valence-corrected chi connectivity index (χ0v) is 22.9. The van der Waals surface area contributed by atoms with Gasteiger partial charge in [0.25, 0.3) is 0 Å². The van der Waals surface area contributed by atoms with Crippen molar-refractivity contribution in [1.82, 2.24) is 0 Å². The van der Waals surface area contributed by atoms with Gasteiger partial charge in [-0.15, -0.1) is 0 Å². The summed E-state index contributed by atoms with van der Waals surface area (Å²) in [7, 11) is 0. The molecule has 0 N–H and O–H groups in total. The van der Waals surface area contributed by atoms with Crippen LogP contribution >= 0.6 is 0 Å². The molecular formula is C24H42AlO9. The summed E-state index contributed by atoms with van der Waals surface area (Å²) in [6, 6.07) is 0. The van der Waals surface area contributed by atoms with Crippen molar-refractivity contribution in [2.24, 2.45) is 0 Å². The molecule has 0 aromatic rings. The summed E-state index contributed by atoms with van der Waals surface area (Å²) in [5, 5.41) is 0. The van der Waals surface area contributed by atoms with Crippen molar-refractivity contribution in [2.45, 2.75) is 99.3 Å². The monoisotopic (exact) mass is 501 g/mol. The number of carbonyl (C=O) groups is 6. The van der Waals surface area contributed by atoms with Crippen LogP contribution < -0.4 is 0 Å². The van der Waals surface area contributed by atoms with Crippen LogP contribution in [0, 0.1) is 0 Å². The van der Waals surface area contributed by atoms with E-state index >= 15 is 0 Å². The average Bonchev–Trinajstić information content (AvgIpc) is 2.68. The van der Waals surface area contributed by atoms with Gasteiger partial charge in [-0.05, 0) is 40.0 Å². The van der Waals surface area contributed by atoms with Gasteiger partial charge < -0.3 is 14.2 Å². The smallest absolute Gasteiger partial charge is 0.313 e. The molecule has 34 heavy (non-hydrogen) atoms. The highest BCUT2D eigenvalue weighted by atomic mass is 27.0. The third-order valence-corrected chi connectivity index (χ3v) is 3.46. The molecule has 0 heterocycles. The highest BCUT2D eigenvalue weighted by molar-refractivity contribution is 5.95. The molecule has 9 nitrogen and oxygen atoms in total. The van der Waals surface area contributed by atoms with Gasteiger partial charge in [-0.25, -0.2) is 0 Å². The molecule has 0 aromatic heterocycles. The maximum atomic E-state index is 10.7. The summed E-state index contributed by atoms with van der Waals surface area (Å²) < 4.78 is 14.2. The van der Waals surface area contributed by atoms with E-state index in [1.165, 1.54) is 20.8 Å². The van der Waals surface area contributed by atoms with Crippen molar-refractivity contribution < 1.29 is 43.0 Å².